The number of nitro groups is 1. The van der Waals surface area contributed by atoms with E-state index < -0.39 is 32.6 Å². The van der Waals surface area contributed by atoms with Crippen LogP contribution in [0.5, 0.6) is 0 Å². The van der Waals surface area contributed by atoms with Gasteiger partial charge in [-0.15, -0.1) is 0 Å². The molecule has 0 spiro atoms. The van der Waals surface area contributed by atoms with Crippen molar-refractivity contribution in [3.8, 4) is 0 Å². The van der Waals surface area contributed by atoms with E-state index in [1.54, 1.807) is 0 Å². The molecule has 1 rings (SSSR count). The van der Waals surface area contributed by atoms with Crippen LogP contribution in [0.3, 0.4) is 0 Å². The van der Waals surface area contributed by atoms with Crippen molar-refractivity contribution < 1.29 is 22.5 Å². The Hall–Kier alpha value is -1.18. The zero-order valence-corrected chi connectivity index (χ0v) is 8.39. The smallest absolute Gasteiger partial charge is 0.258 e. The summed E-state index contributed by atoms with van der Waals surface area (Å²) in [6.07, 6.45) is -4.84. The summed E-state index contributed by atoms with van der Waals surface area (Å²) >= 11 is 2.42. The first-order valence-electron chi connectivity index (χ1n) is 3.44. The average Bonchev–Trinajstić information content (AvgIpc) is 2.06. The molecule has 0 bridgehead atoms. The molecule has 15 heavy (non-hydrogen) atoms. The molecule has 0 atom stereocenters. The third kappa shape index (κ3) is 2.44. The lowest BCUT2D eigenvalue weighted by atomic mass is 10.2. The second-order valence-corrected chi connectivity index (χ2v) is 3.33. The predicted octanol–water partition coefficient (Wildman–Crippen LogP) is 3.52. The molecule has 0 saturated carbocycles. The van der Waals surface area contributed by atoms with Crippen molar-refractivity contribution in [1.82, 2.24) is 0 Å². The highest BCUT2D eigenvalue weighted by atomic mass is 79.9. The topological polar surface area (TPSA) is 43.1 Å². The van der Waals surface area contributed by atoms with Crippen LogP contribution in [0.25, 0.3) is 0 Å². The highest BCUT2D eigenvalue weighted by Gasteiger charge is 2.36. The zero-order chi connectivity index (χ0) is 11.8. The Bertz CT molecular complexity index is 418. The molecule has 0 fully saturated rings. The summed E-state index contributed by atoms with van der Waals surface area (Å²) in [5, 5.41) is 10.3. The summed E-state index contributed by atoms with van der Waals surface area (Å²) in [6.45, 7) is 0. The minimum Gasteiger partial charge on any atom is -0.258 e. The lowest BCUT2D eigenvalue weighted by Crippen LogP contribution is -2.08. The van der Waals surface area contributed by atoms with E-state index in [1.807, 2.05) is 0 Å². The van der Waals surface area contributed by atoms with Crippen LogP contribution >= 0.6 is 15.9 Å². The van der Waals surface area contributed by atoms with E-state index in [4.69, 9.17) is 0 Å². The zero-order valence-electron chi connectivity index (χ0n) is 6.81. The quantitative estimate of drug-likeness (QED) is 0.451. The molecule has 8 heteroatoms. The SMILES string of the molecule is O=[N+]([O-])c1cc(F)cc(C(F)(F)F)c1Br. The first-order chi connectivity index (χ1) is 6.73. The van der Waals surface area contributed by atoms with Crippen molar-refractivity contribution in [2.45, 2.75) is 6.18 Å². The first kappa shape index (κ1) is 11.9. The molecule has 1 aromatic rings. The maximum Gasteiger partial charge on any atom is 0.417 e. The third-order valence-electron chi connectivity index (χ3n) is 1.52. The normalized spacial score (nSPS) is 11.5. The summed E-state index contributed by atoms with van der Waals surface area (Å²) < 4.78 is 48.7. The minimum absolute atomic E-state index is 0.192. The fourth-order valence-electron chi connectivity index (χ4n) is 0.914. The lowest BCUT2D eigenvalue weighted by Gasteiger charge is -2.08. The summed E-state index contributed by atoms with van der Waals surface area (Å²) in [5.41, 5.74) is -2.36. The second-order valence-electron chi connectivity index (χ2n) is 2.54. The maximum atomic E-state index is 12.7. The van der Waals surface area contributed by atoms with Crippen molar-refractivity contribution >= 4 is 21.6 Å². The monoisotopic (exact) mass is 287 g/mol. The minimum atomic E-state index is -4.84. The molecule has 3 nitrogen and oxygen atoms in total. The van der Waals surface area contributed by atoms with E-state index in [0.717, 1.165) is 0 Å². The van der Waals surface area contributed by atoms with Gasteiger partial charge in [0.15, 0.2) is 0 Å². The number of nitrogens with zero attached hydrogens (tertiary/aromatic N) is 1. The maximum absolute atomic E-state index is 12.7. The highest BCUT2D eigenvalue weighted by Crippen LogP contribution is 2.39. The van der Waals surface area contributed by atoms with Crippen molar-refractivity contribution in [1.29, 1.82) is 0 Å². The van der Waals surface area contributed by atoms with Crippen LogP contribution in [0.15, 0.2) is 16.6 Å². The fourth-order valence-corrected chi connectivity index (χ4v) is 1.51. The van der Waals surface area contributed by atoms with Gasteiger partial charge in [0.05, 0.1) is 16.6 Å². The van der Waals surface area contributed by atoms with E-state index in [1.165, 1.54) is 0 Å². The van der Waals surface area contributed by atoms with Gasteiger partial charge in [-0.2, -0.15) is 13.2 Å². The molecule has 1 aromatic carbocycles. The van der Waals surface area contributed by atoms with Gasteiger partial charge in [0, 0.05) is 0 Å². The molecule has 0 N–H and O–H groups in total. The van der Waals surface area contributed by atoms with Gasteiger partial charge in [0.1, 0.15) is 10.3 Å². The van der Waals surface area contributed by atoms with Crippen molar-refractivity contribution in [2.75, 3.05) is 0 Å². The van der Waals surface area contributed by atoms with E-state index in [0.29, 0.717) is 6.07 Å². The van der Waals surface area contributed by atoms with Gasteiger partial charge in [-0.25, -0.2) is 4.39 Å². The number of hydrogen-bond acceptors (Lipinski definition) is 2. The Morgan fingerprint density at radius 3 is 2.27 bits per heavy atom. The van der Waals surface area contributed by atoms with Crippen LogP contribution in [-0.2, 0) is 6.18 Å². The number of benzene rings is 1. The number of hydrogen-bond donors (Lipinski definition) is 0. The number of halogens is 5. The molecule has 0 saturated heterocycles. The number of alkyl halides is 3. The molecular weight excluding hydrogens is 286 g/mol. The van der Waals surface area contributed by atoms with E-state index in [-0.39, 0.29) is 6.07 Å². The van der Waals surface area contributed by atoms with Crippen LogP contribution in [-0.4, -0.2) is 4.92 Å². The molecule has 0 aliphatic heterocycles. The van der Waals surface area contributed by atoms with Crippen LogP contribution in [0, 0.1) is 15.9 Å². The first-order valence-corrected chi connectivity index (χ1v) is 4.23. The van der Waals surface area contributed by atoms with Gasteiger partial charge in [0.2, 0.25) is 0 Å². The second kappa shape index (κ2) is 3.76. The summed E-state index contributed by atoms with van der Waals surface area (Å²) in [6, 6.07) is 0.608. The van der Waals surface area contributed by atoms with E-state index in [9.17, 15) is 27.7 Å². The Balaban J connectivity index is 3.49. The molecule has 0 radical (unpaired) electrons. The van der Waals surface area contributed by atoms with Gasteiger partial charge in [-0.05, 0) is 22.0 Å². The third-order valence-corrected chi connectivity index (χ3v) is 2.35. The molecular formula is C7H2BrF4NO2. The predicted molar refractivity (Wildman–Crippen MR) is 45.8 cm³/mol. The highest BCUT2D eigenvalue weighted by molar-refractivity contribution is 9.10. The van der Waals surface area contributed by atoms with Crippen molar-refractivity contribution in [2.24, 2.45) is 0 Å². The Kier molecular flexibility index (Phi) is 2.98. The Morgan fingerprint density at radius 1 is 1.33 bits per heavy atom. The molecule has 82 valence electrons. The fraction of sp³-hybridized carbons (Fsp3) is 0.143. The van der Waals surface area contributed by atoms with Crippen molar-refractivity contribution in [3.05, 3.63) is 38.1 Å². The van der Waals surface area contributed by atoms with Gasteiger partial charge < -0.3 is 0 Å². The van der Waals surface area contributed by atoms with Crippen LogP contribution in [0.2, 0.25) is 0 Å². The summed E-state index contributed by atoms with van der Waals surface area (Å²) in [5.74, 6) is -1.31. The van der Waals surface area contributed by atoms with Gasteiger partial charge in [-0.1, -0.05) is 0 Å². The standard InChI is InChI=1S/C7H2BrF4NO2/c8-6-4(7(10,11)12)1-3(9)2-5(6)13(14)15/h1-2H. The van der Waals surface area contributed by atoms with Gasteiger partial charge in [-0.3, -0.25) is 10.1 Å². The summed E-state index contributed by atoms with van der Waals surface area (Å²) in [7, 11) is 0. The Morgan fingerprint density at radius 2 is 1.87 bits per heavy atom. The summed E-state index contributed by atoms with van der Waals surface area (Å²) in [4.78, 5) is 9.20. The molecule has 0 amide bonds. The van der Waals surface area contributed by atoms with Crippen LogP contribution in [0.4, 0.5) is 23.2 Å². The lowest BCUT2D eigenvalue weighted by molar-refractivity contribution is -0.386. The Labute approximate surface area is 89.0 Å². The van der Waals surface area contributed by atoms with Crippen LogP contribution < -0.4 is 0 Å². The van der Waals surface area contributed by atoms with Crippen molar-refractivity contribution in [3.63, 3.8) is 0 Å². The molecule has 0 aliphatic rings. The van der Waals surface area contributed by atoms with E-state index in [2.05, 4.69) is 15.9 Å². The van der Waals surface area contributed by atoms with Crippen LogP contribution in [0.1, 0.15) is 5.56 Å². The average molecular weight is 288 g/mol. The van der Waals surface area contributed by atoms with E-state index >= 15 is 0 Å². The molecule has 0 aromatic heterocycles. The van der Waals surface area contributed by atoms with Gasteiger partial charge >= 0.3 is 6.18 Å². The molecule has 0 heterocycles. The van der Waals surface area contributed by atoms with Gasteiger partial charge in [0.25, 0.3) is 5.69 Å². The molecule has 0 unspecified atom stereocenters. The number of rotatable bonds is 1. The number of nitro benzene ring substituents is 1. The largest absolute Gasteiger partial charge is 0.417 e. The molecule has 0 aliphatic carbocycles.